The van der Waals surface area contributed by atoms with Crippen molar-refractivity contribution in [2.24, 2.45) is 20.5 Å². The van der Waals surface area contributed by atoms with Crippen molar-refractivity contribution < 1.29 is 9.53 Å². The van der Waals surface area contributed by atoms with Crippen molar-refractivity contribution in [1.82, 2.24) is 0 Å². The molecular formula is C48H60N6O2. The van der Waals surface area contributed by atoms with E-state index in [9.17, 15) is 4.79 Å². The lowest BCUT2D eigenvalue weighted by Gasteiger charge is -2.38. The van der Waals surface area contributed by atoms with Gasteiger partial charge in [0.15, 0.2) is 0 Å². The highest BCUT2D eigenvalue weighted by Gasteiger charge is 2.30. The molecule has 0 fully saturated rings. The maximum absolute atomic E-state index is 12.6. The van der Waals surface area contributed by atoms with Crippen molar-refractivity contribution in [3.8, 4) is 0 Å². The third kappa shape index (κ3) is 11.7. The molecule has 0 aliphatic carbocycles. The van der Waals surface area contributed by atoms with E-state index in [0.29, 0.717) is 19.4 Å². The maximum atomic E-state index is 12.6. The third-order valence-electron chi connectivity index (χ3n) is 10.9. The van der Waals surface area contributed by atoms with Crippen LogP contribution in [0.3, 0.4) is 0 Å². The summed E-state index contributed by atoms with van der Waals surface area (Å²) in [4.78, 5) is 12.6. The van der Waals surface area contributed by atoms with Gasteiger partial charge in [-0.15, -0.1) is 15.3 Å². The predicted octanol–water partition coefficient (Wildman–Crippen LogP) is 15.6. The second-order valence-corrected chi connectivity index (χ2v) is 15.5. The fourth-order valence-electron chi connectivity index (χ4n) is 7.68. The molecule has 1 aliphatic rings. The molecule has 56 heavy (non-hydrogen) atoms. The summed E-state index contributed by atoms with van der Waals surface area (Å²) in [6.45, 7) is 4.74. The van der Waals surface area contributed by atoms with Gasteiger partial charge in [-0.1, -0.05) is 151 Å². The molecule has 2 N–H and O–H groups in total. The molecule has 1 heterocycles. The average Bonchev–Trinajstić information content (AvgIpc) is 3.21. The third-order valence-corrected chi connectivity index (χ3v) is 10.9. The normalized spacial score (nSPS) is 15.1. The number of ether oxygens (including phenoxy) is 1. The standard InChI is InChI=1S/C48H60N6O2/c1-3-4-5-6-7-8-9-10-11-12-13-14-15-16-20-30-46(55)56-36-35-48(2)49-44-29-23-28-40-43(33-34-45(50-48)47(40)44)54-53-42-32-31-41(38-26-21-22-27-39(38)42)52-51-37-24-18-17-19-25-37/h17-19,21-29,31-34,49-50H,3-16,20,30,35-36H2,1-2H3/b52-51+,54-53+. The van der Waals surface area contributed by atoms with E-state index >= 15 is 0 Å². The van der Waals surface area contributed by atoms with Gasteiger partial charge in [0.2, 0.25) is 0 Å². The van der Waals surface area contributed by atoms with E-state index in [2.05, 4.69) is 52.9 Å². The van der Waals surface area contributed by atoms with Crippen LogP contribution in [0.5, 0.6) is 0 Å². The molecule has 0 saturated carbocycles. The van der Waals surface area contributed by atoms with Crippen LogP contribution in [0, 0.1) is 0 Å². The van der Waals surface area contributed by atoms with Crippen LogP contribution in [0.2, 0.25) is 0 Å². The largest absolute Gasteiger partial charge is 0.466 e. The number of unbranched alkanes of at least 4 members (excludes halogenated alkanes) is 14. The van der Waals surface area contributed by atoms with Gasteiger partial charge in [-0.2, -0.15) is 5.11 Å². The average molecular weight is 753 g/mol. The summed E-state index contributed by atoms with van der Waals surface area (Å²) >= 11 is 0. The van der Waals surface area contributed by atoms with Crippen molar-refractivity contribution >= 4 is 61.6 Å². The van der Waals surface area contributed by atoms with Gasteiger partial charge in [0, 0.05) is 45.8 Å². The number of hydrogen-bond acceptors (Lipinski definition) is 8. The van der Waals surface area contributed by atoms with Crippen molar-refractivity contribution in [2.45, 2.75) is 129 Å². The number of esters is 1. The molecular weight excluding hydrogens is 693 g/mol. The monoisotopic (exact) mass is 752 g/mol. The number of nitrogens with zero attached hydrogens (tertiary/aromatic N) is 4. The lowest BCUT2D eigenvalue weighted by atomic mass is 9.97. The van der Waals surface area contributed by atoms with Gasteiger partial charge in [0.1, 0.15) is 5.66 Å². The van der Waals surface area contributed by atoms with Crippen LogP contribution in [0.1, 0.15) is 123 Å². The Labute approximate surface area is 333 Å². The first-order valence-electron chi connectivity index (χ1n) is 21.2. The molecule has 1 unspecified atom stereocenters. The highest BCUT2D eigenvalue weighted by molar-refractivity contribution is 6.09. The molecule has 0 spiro atoms. The van der Waals surface area contributed by atoms with Crippen LogP contribution in [0.15, 0.2) is 118 Å². The Kier molecular flexibility index (Phi) is 15.4. The smallest absolute Gasteiger partial charge is 0.305 e. The maximum Gasteiger partial charge on any atom is 0.305 e. The minimum absolute atomic E-state index is 0.101. The Balaban J connectivity index is 0.944. The summed E-state index contributed by atoms with van der Waals surface area (Å²) < 4.78 is 5.70. The van der Waals surface area contributed by atoms with Crippen molar-refractivity contribution in [2.75, 3.05) is 17.2 Å². The van der Waals surface area contributed by atoms with Gasteiger partial charge in [0.05, 0.1) is 29.4 Å². The summed E-state index contributed by atoms with van der Waals surface area (Å²) in [5.74, 6) is -0.101. The number of nitrogens with one attached hydrogen (secondary N) is 2. The number of benzene rings is 5. The molecule has 0 bridgehead atoms. The van der Waals surface area contributed by atoms with E-state index in [0.717, 1.165) is 68.5 Å². The van der Waals surface area contributed by atoms with E-state index < -0.39 is 5.66 Å². The predicted molar refractivity (Wildman–Crippen MR) is 233 cm³/mol. The van der Waals surface area contributed by atoms with E-state index in [1.165, 1.54) is 83.5 Å². The first-order chi connectivity index (χ1) is 27.5. The molecule has 1 atom stereocenters. The second-order valence-electron chi connectivity index (χ2n) is 15.5. The van der Waals surface area contributed by atoms with Crippen LogP contribution < -0.4 is 10.6 Å². The van der Waals surface area contributed by atoms with E-state index in [1.807, 2.05) is 78.9 Å². The number of fused-ring (bicyclic) bond motifs is 1. The number of carbonyl (C=O) groups is 1. The number of carbonyl (C=O) groups excluding carboxylic acids is 1. The van der Waals surface area contributed by atoms with Gasteiger partial charge in [0.25, 0.3) is 0 Å². The summed E-state index contributed by atoms with van der Waals surface area (Å²) in [6, 6.07) is 31.9. The lowest BCUT2D eigenvalue weighted by molar-refractivity contribution is -0.144. The van der Waals surface area contributed by atoms with E-state index in [1.54, 1.807) is 0 Å². The summed E-state index contributed by atoms with van der Waals surface area (Å²) in [7, 11) is 0. The molecule has 294 valence electrons. The van der Waals surface area contributed by atoms with Crippen LogP contribution in [0.25, 0.3) is 21.5 Å². The van der Waals surface area contributed by atoms with Crippen LogP contribution in [-0.4, -0.2) is 18.2 Å². The Morgan fingerprint density at radius 3 is 1.62 bits per heavy atom. The topological polar surface area (TPSA) is 99.8 Å². The second kappa shape index (κ2) is 21.3. The summed E-state index contributed by atoms with van der Waals surface area (Å²) in [5, 5.41) is 29.8. The van der Waals surface area contributed by atoms with Gasteiger partial charge in [-0.25, -0.2) is 0 Å². The fraction of sp³-hybridized carbons (Fsp3) is 0.438. The molecule has 5 aromatic rings. The zero-order chi connectivity index (χ0) is 38.8. The number of anilines is 2. The Morgan fingerprint density at radius 2 is 1.02 bits per heavy atom. The van der Waals surface area contributed by atoms with E-state index in [4.69, 9.17) is 15.0 Å². The highest BCUT2D eigenvalue weighted by atomic mass is 16.5. The quantitative estimate of drug-likeness (QED) is 0.0394. The Hall–Kier alpha value is -5.11. The highest BCUT2D eigenvalue weighted by Crippen LogP contribution is 2.43. The van der Waals surface area contributed by atoms with Crippen LogP contribution in [-0.2, 0) is 9.53 Å². The van der Waals surface area contributed by atoms with Crippen molar-refractivity contribution in [3.05, 3.63) is 97.1 Å². The van der Waals surface area contributed by atoms with Gasteiger partial charge in [-0.05, 0) is 55.8 Å². The summed E-state index contributed by atoms with van der Waals surface area (Å²) in [5.41, 5.74) is 4.67. The molecule has 5 aromatic carbocycles. The Morgan fingerprint density at radius 1 is 0.536 bits per heavy atom. The number of rotatable bonds is 23. The molecule has 8 nitrogen and oxygen atoms in total. The molecule has 8 heteroatoms. The molecule has 0 aromatic heterocycles. The number of azo groups is 2. The van der Waals surface area contributed by atoms with Crippen molar-refractivity contribution in [1.29, 1.82) is 0 Å². The van der Waals surface area contributed by atoms with Gasteiger partial charge < -0.3 is 15.4 Å². The molecule has 0 saturated heterocycles. The molecule has 0 radical (unpaired) electrons. The van der Waals surface area contributed by atoms with Gasteiger partial charge in [-0.3, -0.25) is 4.79 Å². The summed E-state index contributed by atoms with van der Waals surface area (Å²) in [6.07, 6.45) is 20.8. The fourth-order valence-corrected chi connectivity index (χ4v) is 7.68. The minimum Gasteiger partial charge on any atom is -0.466 e. The SMILES string of the molecule is CCCCCCCCCCCCCCCCCC(=O)OCCC1(C)Nc2cccc3c(/N=N/c4ccc(/N=N/c5ccccc5)c5ccccc45)ccc(c23)N1. The minimum atomic E-state index is -0.474. The zero-order valence-corrected chi connectivity index (χ0v) is 33.6. The lowest BCUT2D eigenvalue weighted by Crippen LogP contribution is -2.46. The van der Waals surface area contributed by atoms with Crippen molar-refractivity contribution in [3.63, 3.8) is 0 Å². The zero-order valence-electron chi connectivity index (χ0n) is 33.6. The van der Waals surface area contributed by atoms with Crippen LogP contribution in [0.4, 0.5) is 34.1 Å². The molecule has 6 rings (SSSR count). The molecule has 0 amide bonds. The molecule has 1 aliphatic heterocycles. The van der Waals surface area contributed by atoms with E-state index in [-0.39, 0.29) is 5.97 Å². The number of hydrogen-bond donors (Lipinski definition) is 2. The van der Waals surface area contributed by atoms with Gasteiger partial charge >= 0.3 is 5.97 Å². The first kappa shape index (κ1) is 40.6. The Bertz CT molecular complexity index is 2050. The van der Waals surface area contributed by atoms with Crippen LogP contribution >= 0.6 is 0 Å². The first-order valence-corrected chi connectivity index (χ1v) is 21.2.